The zero-order valence-electron chi connectivity index (χ0n) is 15.7. The van der Waals surface area contributed by atoms with E-state index in [0.29, 0.717) is 5.92 Å². The molecule has 4 aromatic rings. The Labute approximate surface area is 164 Å². The van der Waals surface area contributed by atoms with Crippen LogP contribution in [0.4, 0.5) is 11.4 Å². The molecule has 1 heterocycles. The van der Waals surface area contributed by atoms with Crippen molar-refractivity contribution < 1.29 is 0 Å². The highest BCUT2D eigenvalue weighted by Crippen LogP contribution is 2.50. The van der Waals surface area contributed by atoms with E-state index in [1.54, 1.807) is 0 Å². The molecule has 0 fully saturated rings. The summed E-state index contributed by atoms with van der Waals surface area (Å²) < 4.78 is 2.39. The van der Waals surface area contributed by atoms with Gasteiger partial charge >= 0.3 is 0 Å². The van der Waals surface area contributed by atoms with Crippen molar-refractivity contribution in [1.29, 1.82) is 0 Å². The van der Waals surface area contributed by atoms with Crippen molar-refractivity contribution in [1.82, 2.24) is 4.57 Å². The first-order chi connectivity index (χ1) is 13.8. The SMILES string of the molecule is CN(c1ccccc1)c1ccc2c(c1)c1c(n2-c2ccccc2)C=CC2C=C12. The number of anilines is 2. The summed E-state index contributed by atoms with van der Waals surface area (Å²) in [5, 5.41) is 1.33. The van der Waals surface area contributed by atoms with Crippen LogP contribution in [0.5, 0.6) is 0 Å². The Morgan fingerprint density at radius 1 is 0.821 bits per heavy atom. The predicted molar refractivity (Wildman–Crippen MR) is 118 cm³/mol. The fourth-order valence-corrected chi connectivity index (χ4v) is 4.37. The summed E-state index contributed by atoms with van der Waals surface area (Å²) in [6, 6.07) is 28.0. The number of hydrogen-bond acceptors (Lipinski definition) is 1. The molecule has 0 N–H and O–H groups in total. The average molecular weight is 360 g/mol. The molecule has 0 saturated carbocycles. The molecule has 0 bridgehead atoms. The van der Waals surface area contributed by atoms with E-state index in [-0.39, 0.29) is 0 Å². The Balaban J connectivity index is 1.59. The maximum Gasteiger partial charge on any atom is 0.0542 e. The van der Waals surface area contributed by atoms with Crippen molar-refractivity contribution in [2.75, 3.05) is 11.9 Å². The Kier molecular flexibility index (Phi) is 3.18. The van der Waals surface area contributed by atoms with Gasteiger partial charge in [0.05, 0.1) is 11.2 Å². The van der Waals surface area contributed by atoms with Gasteiger partial charge in [-0.05, 0) is 54.1 Å². The molecule has 1 aromatic heterocycles. The zero-order chi connectivity index (χ0) is 18.7. The van der Waals surface area contributed by atoms with Gasteiger partial charge in [-0.3, -0.25) is 0 Å². The average Bonchev–Trinajstić information content (AvgIpc) is 3.48. The Morgan fingerprint density at radius 2 is 1.57 bits per heavy atom. The van der Waals surface area contributed by atoms with Crippen molar-refractivity contribution in [2.45, 2.75) is 0 Å². The third-order valence-electron chi connectivity index (χ3n) is 5.89. The van der Waals surface area contributed by atoms with Crippen molar-refractivity contribution in [3.05, 3.63) is 102 Å². The molecule has 0 radical (unpaired) electrons. The molecular formula is C26H20N2. The van der Waals surface area contributed by atoms with Crippen molar-refractivity contribution >= 4 is 33.9 Å². The van der Waals surface area contributed by atoms with E-state index in [2.05, 4.69) is 114 Å². The van der Waals surface area contributed by atoms with Gasteiger partial charge in [-0.15, -0.1) is 0 Å². The van der Waals surface area contributed by atoms with Crippen LogP contribution in [0.25, 0.3) is 28.2 Å². The van der Waals surface area contributed by atoms with Crippen LogP contribution in [0, 0.1) is 5.92 Å². The van der Waals surface area contributed by atoms with Gasteiger partial charge in [0, 0.05) is 41.0 Å². The van der Waals surface area contributed by atoms with E-state index in [9.17, 15) is 0 Å². The molecule has 2 nitrogen and oxygen atoms in total. The molecule has 1 unspecified atom stereocenters. The van der Waals surface area contributed by atoms with Gasteiger partial charge in [-0.25, -0.2) is 0 Å². The first kappa shape index (κ1) is 15.5. The molecule has 3 aromatic carbocycles. The molecule has 2 heteroatoms. The van der Waals surface area contributed by atoms with E-state index in [0.717, 1.165) is 0 Å². The maximum atomic E-state index is 2.39. The second-order valence-corrected chi connectivity index (χ2v) is 7.53. The number of aromatic nitrogens is 1. The van der Waals surface area contributed by atoms with Gasteiger partial charge in [0.25, 0.3) is 0 Å². The molecule has 6 rings (SSSR count). The highest BCUT2D eigenvalue weighted by atomic mass is 15.1. The van der Waals surface area contributed by atoms with Crippen LogP contribution in [-0.4, -0.2) is 11.6 Å². The summed E-state index contributed by atoms with van der Waals surface area (Å²) in [4.78, 5) is 2.25. The Hall–Kier alpha value is -3.52. The van der Waals surface area contributed by atoms with Gasteiger partial charge in [-0.2, -0.15) is 0 Å². The molecular weight excluding hydrogens is 340 g/mol. The normalized spacial score (nSPS) is 16.5. The molecule has 0 amide bonds. The molecule has 134 valence electrons. The lowest BCUT2D eigenvalue weighted by molar-refractivity contribution is 1.09. The lowest BCUT2D eigenvalue weighted by atomic mass is 10.0. The van der Waals surface area contributed by atoms with Gasteiger partial charge in [0.2, 0.25) is 0 Å². The highest BCUT2D eigenvalue weighted by molar-refractivity contribution is 6.06. The van der Waals surface area contributed by atoms with Crippen LogP contribution in [0.15, 0.2) is 91.0 Å². The van der Waals surface area contributed by atoms with E-state index >= 15 is 0 Å². The fourth-order valence-electron chi connectivity index (χ4n) is 4.37. The number of para-hydroxylation sites is 2. The summed E-state index contributed by atoms with van der Waals surface area (Å²) in [5.41, 5.74) is 9.04. The number of allylic oxidation sites excluding steroid dienone is 3. The van der Waals surface area contributed by atoms with Crippen LogP contribution in [0.1, 0.15) is 11.3 Å². The topological polar surface area (TPSA) is 8.17 Å². The van der Waals surface area contributed by atoms with Gasteiger partial charge < -0.3 is 9.47 Å². The molecule has 0 aliphatic heterocycles. The van der Waals surface area contributed by atoms with Gasteiger partial charge in [0.15, 0.2) is 0 Å². The summed E-state index contributed by atoms with van der Waals surface area (Å²) in [7, 11) is 2.14. The Morgan fingerprint density at radius 3 is 2.36 bits per heavy atom. The van der Waals surface area contributed by atoms with Crippen LogP contribution >= 0.6 is 0 Å². The molecule has 2 aliphatic carbocycles. The third kappa shape index (κ3) is 2.21. The summed E-state index contributed by atoms with van der Waals surface area (Å²) in [6.07, 6.45) is 6.97. The lowest BCUT2D eigenvalue weighted by Gasteiger charge is -2.20. The van der Waals surface area contributed by atoms with E-state index in [4.69, 9.17) is 0 Å². The van der Waals surface area contributed by atoms with Crippen LogP contribution < -0.4 is 4.90 Å². The molecule has 2 aliphatic rings. The zero-order valence-corrected chi connectivity index (χ0v) is 15.7. The lowest BCUT2D eigenvalue weighted by Crippen LogP contribution is -2.08. The second-order valence-electron chi connectivity index (χ2n) is 7.53. The smallest absolute Gasteiger partial charge is 0.0542 e. The van der Waals surface area contributed by atoms with Crippen LogP contribution in [0.3, 0.4) is 0 Å². The fraction of sp³-hybridized carbons (Fsp3) is 0.0769. The minimum absolute atomic E-state index is 0.526. The third-order valence-corrected chi connectivity index (χ3v) is 5.89. The number of benzene rings is 3. The number of fused-ring (bicyclic) bond motifs is 5. The van der Waals surface area contributed by atoms with Gasteiger partial charge in [-0.1, -0.05) is 48.6 Å². The van der Waals surface area contributed by atoms with E-state index in [1.807, 2.05) is 0 Å². The summed E-state index contributed by atoms with van der Waals surface area (Å²) in [6.45, 7) is 0. The number of hydrogen-bond donors (Lipinski definition) is 0. The minimum atomic E-state index is 0.526. The number of nitrogens with zero attached hydrogens (tertiary/aromatic N) is 2. The standard InChI is InChI=1S/C26H20N2/c1-27(19-8-4-2-5-9-19)21-13-15-24-23(17-21)26-22-16-18(22)12-14-25(26)28(24)20-10-6-3-7-11-20/h2-18H,1H3. The largest absolute Gasteiger partial charge is 0.345 e. The quantitative estimate of drug-likeness (QED) is 0.408. The number of rotatable bonds is 3. The highest BCUT2D eigenvalue weighted by Gasteiger charge is 2.33. The van der Waals surface area contributed by atoms with Crippen LogP contribution in [0.2, 0.25) is 0 Å². The summed E-state index contributed by atoms with van der Waals surface area (Å²) in [5.74, 6) is 0.526. The first-order valence-electron chi connectivity index (χ1n) is 9.74. The van der Waals surface area contributed by atoms with Crippen LogP contribution in [-0.2, 0) is 0 Å². The van der Waals surface area contributed by atoms with E-state index < -0.39 is 0 Å². The molecule has 0 saturated heterocycles. The Bertz CT molecular complexity index is 1260. The molecule has 28 heavy (non-hydrogen) atoms. The minimum Gasteiger partial charge on any atom is -0.345 e. The maximum absolute atomic E-state index is 2.39. The van der Waals surface area contributed by atoms with E-state index in [1.165, 1.54) is 44.8 Å². The first-order valence-corrected chi connectivity index (χ1v) is 9.74. The van der Waals surface area contributed by atoms with Crippen molar-refractivity contribution in [3.63, 3.8) is 0 Å². The monoisotopic (exact) mass is 360 g/mol. The second kappa shape index (κ2) is 5.74. The predicted octanol–water partition coefficient (Wildman–Crippen LogP) is 6.44. The summed E-state index contributed by atoms with van der Waals surface area (Å²) >= 11 is 0. The van der Waals surface area contributed by atoms with Gasteiger partial charge in [0.1, 0.15) is 0 Å². The molecule has 1 atom stereocenters. The molecule has 0 spiro atoms. The van der Waals surface area contributed by atoms with Crippen molar-refractivity contribution in [3.8, 4) is 5.69 Å². The van der Waals surface area contributed by atoms with Crippen molar-refractivity contribution in [2.24, 2.45) is 5.92 Å².